The van der Waals surface area contributed by atoms with Gasteiger partial charge < -0.3 is 24.4 Å². The number of fused-ring (bicyclic) bond motifs is 5. The number of aliphatic hydroxyl groups is 1. The van der Waals surface area contributed by atoms with Gasteiger partial charge in [0.1, 0.15) is 5.75 Å². The molecular weight excluding hydrogens is 476 g/mol. The average Bonchev–Trinajstić information content (AvgIpc) is 3.23. The minimum Gasteiger partial charge on any atom is -0.508 e. The molecule has 2 aromatic carbocycles. The van der Waals surface area contributed by atoms with Gasteiger partial charge in [0.05, 0.1) is 39.1 Å². The Hall–Kier alpha value is -1.92. The summed E-state index contributed by atoms with van der Waals surface area (Å²) in [5, 5.41) is 21.0. The SMILES string of the molecule is C[C@]12CCC3c4ccc(O)cc4C[C@@H](CCCCOCCOCCOCc4ccccc4)C3C1CCC2O. The van der Waals surface area contributed by atoms with Gasteiger partial charge in [0, 0.05) is 6.61 Å². The van der Waals surface area contributed by atoms with Gasteiger partial charge in [-0.05, 0) is 103 Å². The van der Waals surface area contributed by atoms with Crippen molar-refractivity contribution in [2.45, 2.75) is 76.9 Å². The summed E-state index contributed by atoms with van der Waals surface area (Å²) in [6.07, 6.45) is 8.68. The van der Waals surface area contributed by atoms with Crippen molar-refractivity contribution in [2.24, 2.45) is 23.2 Å². The van der Waals surface area contributed by atoms with E-state index in [1.54, 1.807) is 0 Å². The Labute approximate surface area is 228 Å². The van der Waals surface area contributed by atoms with Crippen LogP contribution < -0.4 is 0 Å². The Balaban J connectivity index is 1.02. The molecule has 208 valence electrons. The molecule has 0 heterocycles. The molecule has 3 aliphatic rings. The molecule has 5 rings (SSSR count). The molecule has 2 saturated carbocycles. The third-order valence-electron chi connectivity index (χ3n) is 9.80. The summed E-state index contributed by atoms with van der Waals surface area (Å²) in [5.74, 6) is 2.81. The van der Waals surface area contributed by atoms with Crippen LogP contribution in [-0.4, -0.2) is 49.4 Å². The molecular formula is C33H46O5. The minimum atomic E-state index is -0.152. The monoisotopic (exact) mass is 522 g/mol. The lowest BCUT2D eigenvalue weighted by Gasteiger charge is -2.53. The van der Waals surface area contributed by atoms with Gasteiger partial charge in [0.25, 0.3) is 0 Å². The van der Waals surface area contributed by atoms with Crippen LogP contribution in [0.1, 0.15) is 74.5 Å². The number of rotatable bonds is 13. The van der Waals surface area contributed by atoms with E-state index < -0.39 is 0 Å². The van der Waals surface area contributed by atoms with Gasteiger partial charge in [0.15, 0.2) is 0 Å². The molecule has 4 unspecified atom stereocenters. The second kappa shape index (κ2) is 13.0. The van der Waals surface area contributed by atoms with Crippen LogP contribution in [0.5, 0.6) is 5.75 Å². The first-order chi connectivity index (χ1) is 18.6. The van der Waals surface area contributed by atoms with Gasteiger partial charge in [-0.25, -0.2) is 0 Å². The van der Waals surface area contributed by atoms with Gasteiger partial charge in [-0.15, -0.1) is 0 Å². The molecule has 0 aromatic heterocycles. The molecule has 5 heteroatoms. The lowest BCUT2D eigenvalue weighted by atomic mass is 9.52. The number of ether oxygens (including phenoxy) is 3. The molecule has 0 bridgehead atoms. The number of aliphatic hydroxyl groups excluding tert-OH is 1. The zero-order chi connectivity index (χ0) is 26.4. The highest BCUT2D eigenvalue weighted by Crippen LogP contribution is 2.62. The second-order valence-electron chi connectivity index (χ2n) is 12.0. The van der Waals surface area contributed by atoms with E-state index in [1.807, 2.05) is 30.3 Å². The highest BCUT2D eigenvalue weighted by Gasteiger charge is 2.56. The molecule has 0 spiro atoms. The van der Waals surface area contributed by atoms with Gasteiger partial charge >= 0.3 is 0 Å². The van der Waals surface area contributed by atoms with Gasteiger partial charge in [-0.3, -0.25) is 0 Å². The summed E-state index contributed by atoms with van der Waals surface area (Å²) in [6.45, 7) is 6.15. The highest BCUT2D eigenvalue weighted by molar-refractivity contribution is 5.40. The molecule has 3 aliphatic carbocycles. The van der Waals surface area contributed by atoms with Crippen LogP contribution in [0.2, 0.25) is 0 Å². The highest BCUT2D eigenvalue weighted by atomic mass is 16.5. The maximum atomic E-state index is 10.8. The first-order valence-electron chi connectivity index (χ1n) is 14.8. The van der Waals surface area contributed by atoms with E-state index in [2.05, 4.69) is 25.1 Å². The van der Waals surface area contributed by atoms with Crippen LogP contribution in [0.3, 0.4) is 0 Å². The van der Waals surface area contributed by atoms with Gasteiger partial charge in [-0.2, -0.15) is 0 Å². The number of phenols is 1. The van der Waals surface area contributed by atoms with Crippen LogP contribution in [0.15, 0.2) is 48.5 Å². The Bertz CT molecular complexity index is 1010. The molecule has 38 heavy (non-hydrogen) atoms. The van der Waals surface area contributed by atoms with E-state index >= 15 is 0 Å². The third kappa shape index (κ3) is 6.28. The second-order valence-corrected chi connectivity index (χ2v) is 12.0. The summed E-state index contributed by atoms with van der Waals surface area (Å²) >= 11 is 0. The fourth-order valence-electron chi connectivity index (χ4n) is 7.85. The zero-order valence-corrected chi connectivity index (χ0v) is 23.0. The first-order valence-corrected chi connectivity index (χ1v) is 14.8. The maximum absolute atomic E-state index is 10.8. The maximum Gasteiger partial charge on any atom is 0.115 e. The predicted molar refractivity (Wildman–Crippen MR) is 149 cm³/mol. The van der Waals surface area contributed by atoms with Gasteiger partial charge in [-0.1, -0.05) is 49.7 Å². The van der Waals surface area contributed by atoms with Crippen LogP contribution in [-0.2, 0) is 27.2 Å². The molecule has 5 nitrogen and oxygen atoms in total. The van der Waals surface area contributed by atoms with E-state index in [-0.39, 0.29) is 11.5 Å². The lowest BCUT2D eigenvalue weighted by Crippen LogP contribution is -2.47. The normalized spacial score (nSPS) is 30.0. The van der Waals surface area contributed by atoms with Crippen molar-refractivity contribution in [1.82, 2.24) is 0 Å². The third-order valence-corrected chi connectivity index (χ3v) is 9.80. The van der Waals surface area contributed by atoms with E-state index in [4.69, 9.17) is 14.2 Å². The van der Waals surface area contributed by atoms with Crippen molar-refractivity contribution in [1.29, 1.82) is 0 Å². The number of hydrogen-bond acceptors (Lipinski definition) is 5. The lowest BCUT2D eigenvalue weighted by molar-refractivity contribution is -0.0399. The molecule has 2 aromatic rings. The smallest absolute Gasteiger partial charge is 0.115 e. The Morgan fingerprint density at radius 3 is 2.45 bits per heavy atom. The Morgan fingerprint density at radius 2 is 1.63 bits per heavy atom. The van der Waals surface area contributed by atoms with Crippen molar-refractivity contribution in [3.05, 3.63) is 65.2 Å². The summed E-state index contributed by atoms with van der Waals surface area (Å²) in [4.78, 5) is 0. The number of benzene rings is 2. The Morgan fingerprint density at radius 1 is 0.868 bits per heavy atom. The molecule has 6 atom stereocenters. The van der Waals surface area contributed by atoms with Crippen LogP contribution in [0, 0.1) is 23.2 Å². The molecule has 0 aliphatic heterocycles. The number of hydrogen-bond donors (Lipinski definition) is 2. The molecule has 0 saturated heterocycles. The van der Waals surface area contributed by atoms with Crippen LogP contribution >= 0.6 is 0 Å². The van der Waals surface area contributed by atoms with Crippen LogP contribution in [0.25, 0.3) is 0 Å². The van der Waals surface area contributed by atoms with E-state index in [0.717, 1.165) is 51.6 Å². The van der Waals surface area contributed by atoms with Gasteiger partial charge in [0.2, 0.25) is 0 Å². The number of phenolic OH excluding ortho intramolecular Hbond substituents is 1. The summed E-state index contributed by atoms with van der Waals surface area (Å²) in [7, 11) is 0. The van der Waals surface area contributed by atoms with E-state index in [1.165, 1.54) is 23.1 Å². The zero-order valence-electron chi connectivity index (χ0n) is 23.0. The molecule has 2 N–H and O–H groups in total. The number of aromatic hydroxyl groups is 1. The molecule has 2 fully saturated rings. The molecule has 0 radical (unpaired) electrons. The summed E-state index contributed by atoms with van der Waals surface area (Å²) in [5.41, 5.74) is 4.06. The Kier molecular flexibility index (Phi) is 9.42. The fraction of sp³-hybridized carbons (Fsp3) is 0.636. The largest absolute Gasteiger partial charge is 0.508 e. The number of unbranched alkanes of at least 4 members (excludes halogenated alkanes) is 1. The topological polar surface area (TPSA) is 68.2 Å². The minimum absolute atomic E-state index is 0.0730. The van der Waals surface area contributed by atoms with Crippen molar-refractivity contribution in [3.8, 4) is 5.75 Å². The average molecular weight is 523 g/mol. The summed E-state index contributed by atoms with van der Waals surface area (Å²) in [6, 6.07) is 16.2. The van der Waals surface area contributed by atoms with E-state index in [9.17, 15) is 10.2 Å². The van der Waals surface area contributed by atoms with E-state index in [0.29, 0.717) is 62.5 Å². The van der Waals surface area contributed by atoms with Crippen molar-refractivity contribution < 1.29 is 24.4 Å². The quantitative estimate of drug-likeness (QED) is 0.304. The van der Waals surface area contributed by atoms with Crippen molar-refractivity contribution >= 4 is 0 Å². The molecule has 0 amide bonds. The van der Waals surface area contributed by atoms with Crippen molar-refractivity contribution in [3.63, 3.8) is 0 Å². The van der Waals surface area contributed by atoms with Crippen molar-refractivity contribution in [2.75, 3.05) is 33.0 Å². The fourth-order valence-corrected chi connectivity index (χ4v) is 7.85. The van der Waals surface area contributed by atoms with Crippen LogP contribution in [0.4, 0.5) is 0 Å². The predicted octanol–water partition coefficient (Wildman–Crippen LogP) is 6.26. The standard InChI is InChI=1S/C33H46O5/c1-33-15-14-29-28-11-10-27(34)22-26(28)21-25(32(29)30(33)12-13-31(33)35)9-5-6-16-36-17-18-37-19-20-38-23-24-7-3-2-4-8-24/h2-4,7-8,10-11,22,25,29-32,34-35H,5-6,9,12-21,23H2,1H3/t25-,29?,30?,31?,32?,33+/m1/s1. The first kappa shape index (κ1) is 27.6. The summed E-state index contributed by atoms with van der Waals surface area (Å²) < 4.78 is 17.1.